The van der Waals surface area contributed by atoms with Crippen LogP contribution in [0.1, 0.15) is 5.56 Å². The number of thiazole rings is 1. The molecule has 4 aromatic rings. The van der Waals surface area contributed by atoms with Gasteiger partial charge in [-0.3, -0.25) is 9.69 Å². The molecule has 0 saturated heterocycles. The maximum absolute atomic E-state index is 12.7. The Morgan fingerprint density at radius 2 is 1.91 bits per heavy atom. The lowest BCUT2D eigenvalue weighted by atomic mass is 10.1. The van der Waals surface area contributed by atoms with Crippen molar-refractivity contribution < 1.29 is 9.53 Å². The van der Waals surface area contributed by atoms with E-state index in [2.05, 4.69) is 31.9 Å². The lowest BCUT2D eigenvalue weighted by Crippen LogP contribution is -2.27. The number of thioether (sulfide) groups is 1. The highest BCUT2D eigenvalue weighted by Gasteiger charge is 2.20. The van der Waals surface area contributed by atoms with Crippen LogP contribution in [-0.4, -0.2) is 45.6 Å². The van der Waals surface area contributed by atoms with Gasteiger partial charge in [0.1, 0.15) is 5.75 Å². The molecule has 0 N–H and O–H groups in total. The van der Waals surface area contributed by atoms with Gasteiger partial charge in [0.05, 0.1) is 18.4 Å². The predicted molar refractivity (Wildman–Crippen MR) is 128 cm³/mol. The Morgan fingerprint density at radius 3 is 2.66 bits per heavy atom. The van der Waals surface area contributed by atoms with Gasteiger partial charge in [0.25, 0.3) is 0 Å². The molecule has 0 bridgehead atoms. The van der Waals surface area contributed by atoms with E-state index in [0.29, 0.717) is 16.8 Å². The van der Waals surface area contributed by atoms with Gasteiger partial charge in [-0.05, 0) is 24.1 Å². The molecule has 0 radical (unpaired) electrons. The molecular formula is C23H23N5O2S2. The van der Waals surface area contributed by atoms with Gasteiger partial charge in [-0.25, -0.2) is 4.98 Å². The van der Waals surface area contributed by atoms with Gasteiger partial charge in [-0.15, -0.1) is 21.5 Å². The van der Waals surface area contributed by atoms with Gasteiger partial charge >= 0.3 is 0 Å². The molecule has 2 aromatic carbocycles. The summed E-state index contributed by atoms with van der Waals surface area (Å²) in [5.41, 5.74) is 2.09. The highest BCUT2D eigenvalue weighted by molar-refractivity contribution is 7.99. The van der Waals surface area contributed by atoms with Gasteiger partial charge in [0, 0.05) is 25.2 Å². The van der Waals surface area contributed by atoms with Crippen molar-refractivity contribution in [2.75, 3.05) is 24.8 Å². The Labute approximate surface area is 195 Å². The first-order valence-corrected chi connectivity index (χ1v) is 11.9. The smallest absolute Gasteiger partial charge is 0.238 e. The summed E-state index contributed by atoms with van der Waals surface area (Å²) in [5, 5.41) is 12.1. The third kappa shape index (κ3) is 5.00. The number of anilines is 1. The number of methoxy groups -OCH3 is 1. The summed E-state index contributed by atoms with van der Waals surface area (Å²) in [4.78, 5) is 18.5. The van der Waals surface area contributed by atoms with Crippen molar-refractivity contribution in [2.24, 2.45) is 0 Å². The van der Waals surface area contributed by atoms with E-state index in [1.54, 1.807) is 25.3 Å². The highest BCUT2D eigenvalue weighted by Crippen LogP contribution is 2.31. The second-order valence-electron chi connectivity index (χ2n) is 6.95. The molecule has 2 heterocycles. The number of rotatable bonds is 9. The topological polar surface area (TPSA) is 73.1 Å². The zero-order chi connectivity index (χ0) is 22.3. The Hall–Kier alpha value is -3.17. The van der Waals surface area contributed by atoms with Crippen molar-refractivity contribution in [2.45, 2.75) is 18.1 Å². The van der Waals surface area contributed by atoms with Gasteiger partial charge < -0.3 is 9.30 Å². The van der Waals surface area contributed by atoms with Crippen LogP contribution in [0.25, 0.3) is 11.4 Å². The molecule has 32 heavy (non-hydrogen) atoms. The molecule has 0 aliphatic rings. The molecule has 0 spiro atoms. The normalized spacial score (nSPS) is 10.8. The van der Waals surface area contributed by atoms with Crippen molar-refractivity contribution in [3.05, 3.63) is 71.7 Å². The number of aryl methyl sites for hydroxylation is 1. The first kappa shape index (κ1) is 22.0. The molecule has 0 fully saturated rings. The molecule has 0 aliphatic carbocycles. The minimum atomic E-state index is -0.0404. The number of para-hydroxylation sites is 1. The van der Waals surface area contributed by atoms with Crippen LogP contribution < -0.4 is 9.64 Å². The number of benzene rings is 2. The molecule has 9 heteroatoms. The van der Waals surface area contributed by atoms with Crippen molar-refractivity contribution in [1.82, 2.24) is 19.7 Å². The monoisotopic (exact) mass is 465 g/mol. The van der Waals surface area contributed by atoms with E-state index in [0.717, 1.165) is 23.6 Å². The van der Waals surface area contributed by atoms with Crippen LogP contribution in [0.15, 0.2) is 71.3 Å². The minimum Gasteiger partial charge on any atom is -0.496 e. The van der Waals surface area contributed by atoms with Gasteiger partial charge in [-0.2, -0.15) is 0 Å². The summed E-state index contributed by atoms with van der Waals surface area (Å²) in [6.45, 7) is 0.684. The average molecular weight is 466 g/mol. The summed E-state index contributed by atoms with van der Waals surface area (Å²) < 4.78 is 7.60. The van der Waals surface area contributed by atoms with Crippen LogP contribution in [0, 0.1) is 0 Å². The van der Waals surface area contributed by atoms with E-state index in [9.17, 15) is 4.79 Å². The lowest BCUT2D eigenvalue weighted by molar-refractivity contribution is -0.115. The average Bonchev–Trinajstić information content (AvgIpc) is 3.51. The van der Waals surface area contributed by atoms with E-state index in [1.165, 1.54) is 28.7 Å². The maximum atomic E-state index is 12.7. The number of amides is 1. The van der Waals surface area contributed by atoms with Crippen LogP contribution in [0.4, 0.5) is 5.13 Å². The van der Waals surface area contributed by atoms with Gasteiger partial charge in [0.15, 0.2) is 16.1 Å². The fourth-order valence-electron chi connectivity index (χ4n) is 3.22. The molecule has 4 rings (SSSR count). The predicted octanol–water partition coefficient (Wildman–Crippen LogP) is 4.41. The van der Waals surface area contributed by atoms with Crippen LogP contribution in [0.2, 0.25) is 0 Å². The number of aromatic nitrogens is 4. The van der Waals surface area contributed by atoms with E-state index in [-0.39, 0.29) is 11.7 Å². The first-order chi connectivity index (χ1) is 15.7. The molecule has 7 nitrogen and oxygen atoms in total. The van der Waals surface area contributed by atoms with Crippen LogP contribution in [0.5, 0.6) is 5.75 Å². The molecular weight excluding hydrogens is 442 g/mol. The highest BCUT2D eigenvalue weighted by atomic mass is 32.2. The van der Waals surface area contributed by atoms with E-state index < -0.39 is 0 Å². The van der Waals surface area contributed by atoms with E-state index >= 15 is 0 Å². The molecule has 0 saturated carbocycles. The lowest BCUT2D eigenvalue weighted by Gasteiger charge is -2.14. The number of hydrogen-bond acceptors (Lipinski definition) is 7. The Bertz CT molecular complexity index is 1160. The fourth-order valence-corrected chi connectivity index (χ4v) is 4.73. The second-order valence-corrected chi connectivity index (χ2v) is 8.77. The molecule has 0 aliphatic heterocycles. The zero-order valence-corrected chi connectivity index (χ0v) is 19.5. The summed E-state index contributed by atoms with van der Waals surface area (Å²) in [6, 6.07) is 18.0. The van der Waals surface area contributed by atoms with Crippen molar-refractivity contribution in [3.63, 3.8) is 0 Å². The van der Waals surface area contributed by atoms with Gasteiger partial charge in [-0.1, -0.05) is 54.2 Å². The Kier molecular flexibility index (Phi) is 7.18. The van der Waals surface area contributed by atoms with Gasteiger partial charge in [0.2, 0.25) is 5.91 Å². The summed E-state index contributed by atoms with van der Waals surface area (Å²) in [5.74, 6) is 1.66. The Morgan fingerprint density at radius 1 is 1.12 bits per heavy atom. The minimum absolute atomic E-state index is 0.0404. The first-order valence-electron chi connectivity index (χ1n) is 10.1. The largest absolute Gasteiger partial charge is 0.496 e. The molecule has 0 atom stereocenters. The van der Waals surface area contributed by atoms with Crippen LogP contribution in [-0.2, 0) is 17.8 Å². The molecule has 2 aromatic heterocycles. The van der Waals surface area contributed by atoms with Crippen molar-refractivity contribution in [1.29, 1.82) is 0 Å². The third-order valence-electron chi connectivity index (χ3n) is 4.94. The fraction of sp³-hybridized carbons (Fsp3) is 0.217. The molecule has 1 amide bonds. The quantitative estimate of drug-likeness (QED) is 0.341. The van der Waals surface area contributed by atoms with Crippen LogP contribution >= 0.6 is 23.1 Å². The number of carbonyl (C=O) groups excluding carboxylic acids is 1. The number of nitrogens with zero attached hydrogens (tertiary/aromatic N) is 5. The second kappa shape index (κ2) is 10.4. The molecule has 164 valence electrons. The summed E-state index contributed by atoms with van der Waals surface area (Å²) >= 11 is 2.81. The molecule has 0 unspecified atom stereocenters. The zero-order valence-electron chi connectivity index (χ0n) is 17.8. The third-order valence-corrected chi connectivity index (χ3v) is 6.74. The SMILES string of the molecule is COc1ccccc1-c1nnc(SCC(=O)N(C)c2nccs2)n1CCc1ccccc1. The number of hydrogen-bond donors (Lipinski definition) is 0. The van der Waals surface area contributed by atoms with Crippen molar-refractivity contribution in [3.8, 4) is 17.1 Å². The number of ether oxygens (including phenoxy) is 1. The van der Waals surface area contributed by atoms with E-state index in [4.69, 9.17) is 4.74 Å². The van der Waals surface area contributed by atoms with Crippen molar-refractivity contribution >= 4 is 34.1 Å². The standard InChI is InChI=1S/C23H23N5O2S2/c1-27(22-24-13-15-31-22)20(29)16-32-23-26-25-21(18-10-6-7-11-19(18)30-2)28(23)14-12-17-8-4-3-5-9-17/h3-11,13,15H,12,14,16H2,1-2H3. The van der Waals surface area contributed by atoms with E-state index in [1.807, 2.05) is 47.8 Å². The summed E-state index contributed by atoms with van der Waals surface area (Å²) in [7, 11) is 3.38. The maximum Gasteiger partial charge on any atom is 0.238 e. The van der Waals surface area contributed by atoms with Crippen LogP contribution in [0.3, 0.4) is 0 Å². The Balaban J connectivity index is 1.58. The summed E-state index contributed by atoms with van der Waals surface area (Å²) in [6.07, 6.45) is 2.51. The number of carbonyl (C=O) groups is 1.